The van der Waals surface area contributed by atoms with E-state index in [-0.39, 0.29) is 37.3 Å². The molecule has 5 rings (SSSR count). The molecule has 3 amide bonds. The van der Waals surface area contributed by atoms with Crippen molar-refractivity contribution >= 4 is 28.8 Å². The van der Waals surface area contributed by atoms with E-state index < -0.39 is 17.9 Å². The van der Waals surface area contributed by atoms with E-state index in [1.165, 1.54) is 4.90 Å². The van der Waals surface area contributed by atoms with Gasteiger partial charge in [0.2, 0.25) is 23.2 Å². The summed E-state index contributed by atoms with van der Waals surface area (Å²) in [6.45, 7) is 4.85. The zero-order valence-corrected chi connectivity index (χ0v) is 24.4. The third-order valence-electron chi connectivity index (χ3n) is 7.18. The molecule has 43 heavy (non-hydrogen) atoms. The maximum absolute atomic E-state index is 13.6. The molecule has 0 spiro atoms. The lowest BCUT2D eigenvalue weighted by molar-refractivity contribution is -0.130. The Morgan fingerprint density at radius 3 is 2.79 bits per heavy atom. The number of hydrogen-bond donors (Lipinski definition) is 2. The number of ether oxygens (including phenoxy) is 2. The van der Waals surface area contributed by atoms with Gasteiger partial charge in [-0.1, -0.05) is 19.0 Å². The summed E-state index contributed by atoms with van der Waals surface area (Å²) in [6.07, 6.45) is 6.21. The van der Waals surface area contributed by atoms with E-state index >= 15 is 0 Å². The number of carbonyl (C=O) groups is 3. The molecule has 1 aliphatic rings. The number of methoxy groups -OCH3 is 1. The van der Waals surface area contributed by atoms with Gasteiger partial charge in [-0.05, 0) is 49.1 Å². The number of imidazole rings is 1. The third kappa shape index (κ3) is 6.76. The molecule has 4 heterocycles. The summed E-state index contributed by atoms with van der Waals surface area (Å²) in [5.74, 6) is 0.374. The Bertz CT molecular complexity index is 1600. The van der Waals surface area contributed by atoms with E-state index in [2.05, 4.69) is 25.8 Å². The molecule has 0 saturated heterocycles. The van der Waals surface area contributed by atoms with Gasteiger partial charge in [0.05, 0.1) is 25.6 Å². The molecule has 3 aromatic heterocycles. The molecule has 0 aliphatic carbocycles. The summed E-state index contributed by atoms with van der Waals surface area (Å²) in [5.41, 5.74) is 1.14. The van der Waals surface area contributed by atoms with Crippen LogP contribution in [0.4, 0.5) is 0 Å². The van der Waals surface area contributed by atoms with Crippen LogP contribution in [0.1, 0.15) is 37.2 Å². The minimum atomic E-state index is -0.775. The van der Waals surface area contributed by atoms with E-state index in [9.17, 15) is 14.4 Å². The predicted octanol–water partition coefficient (Wildman–Crippen LogP) is 2.67. The van der Waals surface area contributed by atoms with Gasteiger partial charge < -0.3 is 34.1 Å². The second-order valence-corrected chi connectivity index (χ2v) is 10.6. The summed E-state index contributed by atoms with van der Waals surface area (Å²) in [4.78, 5) is 50.0. The third-order valence-corrected chi connectivity index (χ3v) is 7.18. The summed E-state index contributed by atoms with van der Waals surface area (Å²) in [7, 11) is 1.57. The standard InChI is InChI=1S/C30H35N7O6/c1-19(2)25-29(39)33-11-5-13-36-15-12-32-28(36)20-8-9-22(41-3)23(17-20)42-16-6-14-37(18-24(38)34-25)30(40)26-21-7-4-10-31-27(21)35-43-26/h4,7-10,12,15,17,19,25H,5-6,11,13-14,16,18H2,1-3H3,(H,33,39)(H,34,38)/t25-/m1/s1. The van der Waals surface area contributed by atoms with Crippen molar-refractivity contribution in [3.63, 3.8) is 0 Å². The molecule has 13 heteroatoms. The van der Waals surface area contributed by atoms with Crippen LogP contribution in [0.3, 0.4) is 0 Å². The molecule has 1 atom stereocenters. The van der Waals surface area contributed by atoms with Gasteiger partial charge in [-0.15, -0.1) is 0 Å². The second-order valence-electron chi connectivity index (χ2n) is 10.6. The molecule has 1 aliphatic heterocycles. The van der Waals surface area contributed by atoms with Gasteiger partial charge in [0.15, 0.2) is 11.5 Å². The number of rotatable bonds is 3. The summed E-state index contributed by atoms with van der Waals surface area (Å²) in [5, 5.41) is 10.1. The molecule has 4 aromatic rings. The van der Waals surface area contributed by atoms with Gasteiger partial charge in [-0.2, -0.15) is 0 Å². The lowest BCUT2D eigenvalue weighted by Crippen LogP contribution is -2.52. The van der Waals surface area contributed by atoms with Crippen LogP contribution < -0.4 is 20.1 Å². The summed E-state index contributed by atoms with van der Waals surface area (Å²) in [6, 6.07) is 8.19. The Hall–Kier alpha value is -4.94. The normalized spacial score (nSPS) is 17.2. The average Bonchev–Trinajstić information content (AvgIpc) is 3.66. The smallest absolute Gasteiger partial charge is 0.293 e. The fourth-order valence-corrected chi connectivity index (χ4v) is 4.95. The number of nitrogens with zero attached hydrogens (tertiary/aromatic N) is 5. The highest BCUT2D eigenvalue weighted by Gasteiger charge is 2.28. The minimum absolute atomic E-state index is 0.0155. The Kier molecular flexibility index (Phi) is 9.18. The molecule has 0 saturated carbocycles. The van der Waals surface area contributed by atoms with Crippen molar-refractivity contribution < 1.29 is 28.4 Å². The molecule has 2 N–H and O–H groups in total. The Morgan fingerprint density at radius 1 is 1.12 bits per heavy atom. The van der Waals surface area contributed by atoms with E-state index in [4.69, 9.17) is 14.0 Å². The monoisotopic (exact) mass is 589 g/mol. The fraction of sp³-hybridized carbons (Fsp3) is 0.400. The van der Waals surface area contributed by atoms with Crippen LogP contribution in [-0.4, -0.2) is 81.7 Å². The minimum Gasteiger partial charge on any atom is -0.493 e. The van der Waals surface area contributed by atoms with Gasteiger partial charge in [0.1, 0.15) is 11.9 Å². The van der Waals surface area contributed by atoms with Crippen LogP contribution >= 0.6 is 0 Å². The molecule has 0 fully saturated rings. The van der Waals surface area contributed by atoms with Crippen LogP contribution in [0.25, 0.3) is 22.4 Å². The van der Waals surface area contributed by atoms with Crippen molar-refractivity contribution in [2.24, 2.45) is 5.92 Å². The van der Waals surface area contributed by atoms with Crippen LogP contribution in [-0.2, 0) is 16.1 Å². The molecule has 1 aromatic carbocycles. The zero-order chi connectivity index (χ0) is 30.3. The van der Waals surface area contributed by atoms with Crippen LogP contribution in [0.15, 0.2) is 53.4 Å². The molecular weight excluding hydrogens is 554 g/mol. The Balaban J connectivity index is 1.43. The number of amides is 3. The maximum Gasteiger partial charge on any atom is 0.293 e. The second kappa shape index (κ2) is 13.4. The van der Waals surface area contributed by atoms with Gasteiger partial charge >= 0.3 is 0 Å². The van der Waals surface area contributed by atoms with Crippen LogP contribution in [0.5, 0.6) is 11.5 Å². The van der Waals surface area contributed by atoms with E-state index in [0.717, 1.165) is 11.4 Å². The highest BCUT2D eigenvalue weighted by Crippen LogP contribution is 2.32. The van der Waals surface area contributed by atoms with Crippen molar-refractivity contribution in [1.82, 2.24) is 35.2 Å². The van der Waals surface area contributed by atoms with Crippen LogP contribution in [0, 0.1) is 5.92 Å². The fourth-order valence-electron chi connectivity index (χ4n) is 4.95. The lowest BCUT2D eigenvalue weighted by Gasteiger charge is -2.25. The number of benzene rings is 1. The molecular formula is C30H35N7O6. The van der Waals surface area contributed by atoms with Crippen molar-refractivity contribution in [2.45, 2.75) is 39.3 Å². The Morgan fingerprint density at radius 2 is 1.98 bits per heavy atom. The van der Waals surface area contributed by atoms with Gasteiger partial charge in [-0.3, -0.25) is 14.4 Å². The first-order chi connectivity index (χ1) is 20.9. The SMILES string of the molecule is COc1ccc2cc1OCCCN(C(=O)c1onc3ncccc13)CC(=O)N[C@H](C(C)C)C(=O)NCCCn1ccnc1-2. The summed E-state index contributed by atoms with van der Waals surface area (Å²) < 4.78 is 19.0. The first-order valence-corrected chi connectivity index (χ1v) is 14.2. The number of aromatic nitrogens is 4. The first kappa shape index (κ1) is 29.5. The number of hydrogen-bond acceptors (Lipinski definition) is 9. The topological polar surface area (TPSA) is 154 Å². The number of nitrogens with one attached hydrogen (secondary N) is 2. The molecule has 0 unspecified atom stereocenters. The van der Waals surface area contributed by atoms with Gasteiger partial charge in [-0.25, -0.2) is 9.97 Å². The first-order valence-electron chi connectivity index (χ1n) is 14.2. The Labute approximate surface area is 248 Å². The van der Waals surface area contributed by atoms with Crippen LogP contribution in [0.2, 0.25) is 0 Å². The van der Waals surface area contributed by atoms with Crippen molar-refractivity contribution in [3.8, 4) is 22.9 Å². The lowest BCUT2D eigenvalue weighted by atomic mass is 10.0. The number of aryl methyl sites for hydroxylation is 1. The zero-order valence-electron chi connectivity index (χ0n) is 24.4. The molecule has 2 bridgehead atoms. The summed E-state index contributed by atoms with van der Waals surface area (Å²) >= 11 is 0. The molecule has 13 nitrogen and oxygen atoms in total. The van der Waals surface area contributed by atoms with Crippen molar-refractivity contribution in [2.75, 3.05) is 33.4 Å². The van der Waals surface area contributed by atoms with E-state index in [1.807, 2.05) is 42.8 Å². The van der Waals surface area contributed by atoms with E-state index in [0.29, 0.717) is 48.5 Å². The largest absolute Gasteiger partial charge is 0.493 e. The van der Waals surface area contributed by atoms with E-state index in [1.54, 1.807) is 31.6 Å². The molecule has 0 radical (unpaired) electrons. The molecule has 226 valence electrons. The maximum atomic E-state index is 13.6. The van der Waals surface area contributed by atoms with Crippen molar-refractivity contribution in [3.05, 3.63) is 54.7 Å². The number of pyridine rings is 1. The number of carbonyl (C=O) groups excluding carboxylic acids is 3. The highest BCUT2D eigenvalue weighted by molar-refractivity contribution is 6.04. The average molecular weight is 590 g/mol. The number of fused-ring (bicyclic) bond motifs is 5. The van der Waals surface area contributed by atoms with Gasteiger partial charge in [0.25, 0.3) is 5.91 Å². The van der Waals surface area contributed by atoms with Crippen molar-refractivity contribution in [1.29, 1.82) is 0 Å². The quantitative estimate of drug-likeness (QED) is 0.367. The predicted molar refractivity (Wildman–Crippen MR) is 156 cm³/mol. The highest BCUT2D eigenvalue weighted by atomic mass is 16.5. The van der Waals surface area contributed by atoms with Gasteiger partial charge in [0, 0.05) is 43.8 Å².